The van der Waals surface area contributed by atoms with Gasteiger partial charge in [0.05, 0.1) is 71.3 Å². The minimum Gasteiger partial charge on any atom is -0.492 e. The topological polar surface area (TPSA) is 101 Å². The minimum absolute atomic E-state index is 0. The zero-order valence-electron chi connectivity index (χ0n) is 28.4. The highest BCUT2D eigenvalue weighted by Gasteiger charge is 2.31. The van der Waals surface area contributed by atoms with E-state index in [4.69, 9.17) is 37.4 Å². The zero-order chi connectivity index (χ0) is 36.3. The molecule has 4 aliphatic heterocycles. The van der Waals surface area contributed by atoms with Crippen LogP contribution < -0.4 is 19.9 Å². The molecule has 10 nitrogen and oxygen atoms in total. The van der Waals surface area contributed by atoms with Crippen LogP contribution in [0.4, 0.5) is 24.5 Å². The van der Waals surface area contributed by atoms with E-state index in [2.05, 4.69) is 27.2 Å². The van der Waals surface area contributed by atoms with E-state index in [0.29, 0.717) is 31.3 Å². The van der Waals surface area contributed by atoms with Gasteiger partial charge >= 0.3 is 6.18 Å². The zero-order valence-corrected chi connectivity index (χ0v) is 31.6. The third-order valence-corrected chi connectivity index (χ3v) is 10.9. The standard InChI is InChI=1S/C23H24ClF3N2O5S.C12H15ClN2O.ClH/c1-35(31,32)17-2-3-21(34-7-4-23(25,26)27)18(12-17)22(30)29-13-15-10-19(24)20(11-16(15)14-29)28-5-8-33-9-6-28;13-11-5-9-7-14-8-10(9)6-12(11)15-1-3-16-4-2-15;/h2-3,10-12H,4-9,13-14H2,1H3;5-6,14H,1-4,7-8H2;1H. The molecule has 2 fully saturated rings. The number of carbonyl (C=O) groups is 1. The third kappa shape index (κ3) is 9.76. The fourth-order valence-corrected chi connectivity index (χ4v) is 7.69. The van der Waals surface area contributed by atoms with Gasteiger partial charge in [-0.25, -0.2) is 8.42 Å². The van der Waals surface area contributed by atoms with Crippen LogP contribution in [0, 0.1) is 0 Å². The lowest BCUT2D eigenvalue weighted by Gasteiger charge is -2.30. The molecule has 2 saturated heterocycles. The molecule has 284 valence electrons. The van der Waals surface area contributed by atoms with Crippen LogP contribution in [-0.4, -0.2) is 90.9 Å². The SMILES string of the molecule is CS(=O)(=O)c1ccc(OCCC(F)(F)F)c(C(=O)N2Cc3cc(Cl)c(N4CCOCC4)cc3C2)c1.Cl.Clc1cc2c(cc1N1CCOCC1)CNC2. The molecular formula is C35H40Cl3F3N4O6S. The van der Waals surface area contributed by atoms with E-state index in [1.54, 1.807) is 0 Å². The Morgan fingerprint density at radius 1 is 0.827 bits per heavy atom. The fourth-order valence-electron chi connectivity index (χ4n) is 6.43. The Morgan fingerprint density at radius 3 is 1.87 bits per heavy atom. The van der Waals surface area contributed by atoms with Crippen LogP contribution in [0.15, 0.2) is 47.4 Å². The summed E-state index contributed by atoms with van der Waals surface area (Å²) in [6.07, 6.45) is -4.64. The highest BCUT2D eigenvalue weighted by molar-refractivity contribution is 7.90. The Kier molecular flexibility index (Phi) is 13.1. The summed E-state index contributed by atoms with van der Waals surface area (Å²) in [6.45, 7) is 7.71. The van der Waals surface area contributed by atoms with Crippen molar-refractivity contribution in [1.82, 2.24) is 10.2 Å². The van der Waals surface area contributed by atoms with Gasteiger partial charge in [0.25, 0.3) is 5.91 Å². The minimum atomic E-state index is -4.43. The molecule has 0 saturated carbocycles. The molecular weight excluding hydrogens is 768 g/mol. The van der Waals surface area contributed by atoms with Gasteiger partial charge in [-0.1, -0.05) is 23.2 Å². The van der Waals surface area contributed by atoms with Gasteiger partial charge in [0.15, 0.2) is 9.84 Å². The van der Waals surface area contributed by atoms with Gasteiger partial charge in [-0.3, -0.25) is 4.79 Å². The Morgan fingerprint density at radius 2 is 1.33 bits per heavy atom. The molecule has 1 amide bonds. The van der Waals surface area contributed by atoms with Crippen LogP contribution >= 0.6 is 35.6 Å². The third-order valence-electron chi connectivity index (χ3n) is 9.13. The molecule has 52 heavy (non-hydrogen) atoms. The molecule has 0 radical (unpaired) electrons. The molecule has 7 rings (SSSR count). The molecule has 0 unspecified atom stereocenters. The van der Waals surface area contributed by atoms with Gasteiger partial charge in [0.2, 0.25) is 0 Å². The Hall–Kier alpha value is -2.98. The lowest BCUT2D eigenvalue weighted by molar-refractivity contribution is -0.139. The summed E-state index contributed by atoms with van der Waals surface area (Å²) in [4.78, 5) is 19.2. The van der Waals surface area contributed by atoms with Crippen molar-refractivity contribution in [2.75, 3.05) is 75.3 Å². The predicted octanol–water partition coefficient (Wildman–Crippen LogP) is 6.27. The number of anilines is 2. The average Bonchev–Trinajstić information content (AvgIpc) is 3.73. The first-order valence-corrected chi connectivity index (χ1v) is 19.2. The van der Waals surface area contributed by atoms with Crippen LogP contribution in [0.25, 0.3) is 0 Å². The van der Waals surface area contributed by atoms with Crippen molar-refractivity contribution in [3.63, 3.8) is 0 Å². The highest BCUT2D eigenvalue weighted by Crippen LogP contribution is 2.36. The number of nitrogens with one attached hydrogen (secondary N) is 1. The second-order valence-electron chi connectivity index (χ2n) is 12.8. The van der Waals surface area contributed by atoms with Gasteiger partial charge in [0, 0.05) is 58.6 Å². The number of halogens is 6. The number of ether oxygens (including phenoxy) is 3. The van der Waals surface area contributed by atoms with Crippen molar-refractivity contribution >= 4 is 62.7 Å². The van der Waals surface area contributed by atoms with Gasteiger partial charge in [-0.2, -0.15) is 13.2 Å². The molecule has 0 atom stereocenters. The second-order valence-corrected chi connectivity index (χ2v) is 15.6. The molecule has 3 aromatic rings. The van der Waals surface area contributed by atoms with Gasteiger partial charge in [-0.05, 0) is 64.7 Å². The lowest BCUT2D eigenvalue weighted by atomic mass is 10.1. The summed E-state index contributed by atoms with van der Waals surface area (Å²) < 4.78 is 77.8. The summed E-state index contributed by atoms with van der Waals surface area (Å²) in [6, 6.07) is 11.6. The van der Waals surface area contributed by atoms with Crippen LogP contribution in [0.2, 0.25) is 10.0 Å². The van der Waals surface area contributed by atoms with Gasteiger partial charge in [-0.15, -0.1) is 12.4 Å². The van der Waals surface area contributed by atoms with E-state index in [-0.39, 0.29) is 41.7 Å². The maximum atomic E-state index is 13.4. The molecule has 0 aromatic heterocycles. The molecule has 4 heterocycles. The lowest BCUT2D eigenvalue weighted by Crippen LogP contribution is -2.36. The first-order valence-electron chi connectivity index (χ1n) is 16.6. The van der Waals surface area contributed by atoms with E-state index in [0.717, 1.165) is 79.2 Å². The van der Waals surface area contributed by atoms with Crippen LogP contribution in [0.5, 0.6) is 5.75 Å². The fraction of sp³-hybridized carbons (Fsp3) is 0.457. The Balaban J connectivity index is 0.000000255. The van der Waals surface area contributed by atoms with Gasteiger partial charge < -0.3 is 34.2 Å². The first kappa shape index (κ1) is 40.2. The second kappa shape index (κ2) is 17.0. The molecule has 0 bridgehead atoms. The number of hydrogen-bond donors (Lipinski definition) is 1. The summed E-state index contributed by atoms with van der Waals surface area (Å²) in [5.41, 5.74) is 6.35. The largest absolute Gasteiger partial charge is 0.492 e. The number of fused-ring (bicyclic) bond motifs is 2. The number of alkyl halides is 3. The summed E-state index contributed by atoms with van der Waals surface area (Å²) in [5.74, 6) is -0.646. The number of sulfone groups is 1. The summed E-state index contributed by atoms with van der Waals surface area (Å²) in [5, 5.41) is 4.76. The maximum absolute atomic E-state index is 13.4. The summed E-state index contributed by atoms with van der Waals surface area (Å²) in [7, 11) is -3.66. The van der Waals surface area contributed by atoms with E-state index in [9.17, 15) is 26.4 Å². The monoisotopic (exact) mass is 806 g/mol. The number of hydrogen-bond acceptors (Lipinski definition) is 9. The molecule has 4 aliphatic rings. The van der Waals surface area contributed by atoms with Crippen molar-refractivity contribution in [3.05, 3.63) is 80.3 Å². The van der Waals surface area contributed by atoms with E-state index < -0.39 is 34.9 Å². The summed E-state index contributed by atoms with van der Waals surface area (Å²) >= 11 is 12.8. The number of nitrogens with zero attached hydrogens (tertiary/aromatic N) is 3. The van der Waals surface area contributed by atoms with Crippen LogP contribution in [-0.2, 0) is 45.5 Å². The van der Waals surface area contributed by atoms with Crippen LogP contribution in [0.3, 0.4) is 0 Å². The van der Waals surface area contributed by atoms with E-state index >= 15 is 0 Å². The molecule has 17 heteroatoms. The maximum Gasteiger partial charge on any atom is 0.392 e. The number of rotatable bonds is 7. The predicted molar refractivity (Wildman–Crippen MR) is 196 cm³/mol. The number of carbonyl (C=O) groups excluding carboxylic acids is 1. The quantitative estimate of drug-likeness (QED) is 0.296. The van der Waals surface area contributed by atoms with Gasteiger partial charge in [0.1, 0.15) is 5.75 Å². The molecule has 0 spiro atoms. The number of morpholine rings is 2. The van der Waals surface area contributed by atoms with E-state index in [1.165, 1.54) is 28.2 Å². The average molecular weight is 808 g/mol. The first-order chi connectivity index (χ1) is 24.3. The van der Waals surface area contributed by atoms with Crippen molar-refractivity contribution in [1.29, 1.82) is 0 Å². The Bertz CT molecular complexity index is 1870. The number of amides is 1. The number of benzene rings is 3. The van der Waals surface area contributed by atoms with E-state index in [1.807, 2.05) is 12.1 Å². The van der Waals surface area contributed by atoms with Crippen molar-refractivity contribution < 1.29 is 40.6 Å². The molecule has 0 aliphatic carbocycles. The molecule has 3 aromatic carbocycles. The van der Waals surface area contributed by atoms with Crippen molar-refractivity contribution in [2.45, 2.75) is 43.7 Å². The molecule has 1 N–H and O–H groups in total. The van der Waals surface area contributed by atoms with Crippen LogP contribution in [0.1, 0.15) is 39.0 Å². The van der Waals surface area contributed by atoms with Crippen molar-refractivity contribution in [3.8, 4) is 5.75 Å². The highest BCUT2D eigenvalue weighted by atomic mass is 35.5. The van der Waals surface area contributed by atoms with Crippen molar-refractivity contribution in [2.24, 2.45) is 0 Å². The Labute approximate surface area is 317 Å². The normalized spacial score (nSPS) is 17.2. The smallest absolute Gasteiger partial charge is 0.392 e.